The first-order chi connectivity index (χ1) is 8.00. The average molecular weight is 257 g/mol. The summed E-state index contributed by atoms with van der Waals surface area (Å²) in [7, 11) is 0. The first-order valence-corrected chi connectivity index (χ1v) is 5.92. The van der Waals surface area contributed by atoms with Gasteiger partial charge < -0.3 is 0 Å². The van der Waals surface area contributed by atoms with Crippen molar-refractivity contribution >= 4 is 11.3 Å². The molecule has 1 nitrogen and oxygen atoms in total. The molecule has 0 amide bonds. The average Bonchev–Trinajstić information content (AvgIpc) is 2.75. The number of benzene rings is 1. The molecule has 0 aliphatic carbocycles. The Hall–Kier alpha value is -1.36. The van der Waals surface area contributed by atoms with Crippen LogP contribution in [0.3, 0.4) is 0 Å². The fourth-order valence-electron chi connectivity index (χ4n) is 1.37. The molecule has 0 radical (unpaired) electrons. The van der Waals surface area contributed by atoms with E-state index in [0.717, 1.165) is 10.9 Å². The summed E-state index contributed by atoms with van der Waals surface area (Å²) < 4.78 is 39.4. The van der Waals surface area contributed by atoms with E-state index in [1.165, 1.54) is 17.4 Å². The maximum absolute atomic E-state index is 13.5. The van der Waals surface area contributed by atoms with Gasteiger partial charge in [-0.05, 0) is 18.1 Å². The van der Waals surface area contributed by atoms with Gasteiger partial charge in [0.1, 0.15) is 5.01 Å². The second-order valence-corrected chi connectivity index (χ2v) is 5.01. The molecule has 0 bridgehead atoms. The van der Waals surface area contributed by atoms with Gasteiger partial charge in [0.15, 0.2) is 17.5 Å². The van der Waals surface area contributed by atoms with Crippen LogP contribution >= 0.6 is 11.3 Å². The molecule has 1 aromatic heterocycles. The smallest absolute Gasteiger partial charge is 0.195 e. The van der Waals surface area contributed by atoms with Crippen LogP contribution in [0.4, 0.5) is 13.2 Å². The molecule has 0 fully saturated rings. The van der Waals surface area contributed by atoms with E-state index in [9.17, 15) is 13.2 Å². The minimum Gasteiger partial charge on any atom is -0.244 e. The highest BCUT2D eigenvalue weighted by molar-refractivity contribution is 7.15. The molecule has 0 saturated heterocycles. The molecular formula is C12H10F3NS. The Bertz CT molecular complexity index is 549. The van der Waals surface area contributed by atoms with Crippen molar-refractivity contribution in [1.82, 2.24) is 4.98 Å². The van der Waals surface area contributed by atoms with Crippen LogP contribution in [0.15, 0.2) is 18.3 Å². The second-order valence-electron chi connectivity index (χ2n) is 3.95. The van der Waals surface area contributed by atoms with E-state index >= 15 is 0 Å². The zero-order chi connectivity index (χ0) is 12.6. The largest absolute Gasteiger partial charge is 0.244 e. The molecule has 0 aliphatic rings. The molecule has 90 valence electrons. The third kappa shape index (κ3) is 2.20. The van der Waals surface area contributed by atoms with Crippen molar-refractivity contribution in [2.75, 3.05) is 0 Å². The number of aromatic nitrogens is 1. The number of nitrogens with zero attached hydrogens (tertiary/aromatic N) is 1. The van der Waals surface area contributed by atoms with Crippen LogP contribution < -0.4 is 0 Å². The quantitative estimate of drug-likeness (QED) is 0.729. The summed E-state index contributed by atoms with van der Waals surface area (Å²) >= 11 is 1.28. The SMILES string of the molecule is CC(C)c1cnc(-c2ccc(F)c(F)c2F)s1. The van der Waals surface area contributed by atoms with Crippen molar-refractivity contribution < 1.29 is 13.2 Å². The zero-order valence-corrected chi connectivity index (χ0v) is 10.1. The molecule has 0 aliphatic heterocycles. The number of hydrogen-bond acceptors (Lipinski definition) is 2. The normalized spacial score (nSPS) is 11.2. The lowest BCUT2D eigenvalue weighted by Gasteiger charge is -2.01. The monoisotopic (exact) mass is 257 g/mol. The standard InChI is InChI=1S/C12H10F3NS/c1-6(2)9-5-16-12(17-9)7-3-4-8(13)11(15)10(7)14/h3-6H,1-2H3. The molecule has 0 spiro atoms. The summed E-state index contributed by atoms with van der Waals surface area (Å²) in [6, 6.07) is 2.11. The third-order valence-corrected chi connectivity index (χ3v) is 3.69. The predicted octanol–water partition coefficient (Wildman–Crippen LogP) is 4.35. The fourth-order valence-corrected chi connectivity index (χ4v) is 2.31. The van der Waals surface area contributed by atoms with Crippen LogP contribution in [0, 0.1) is 17.5 Å². The number of halogens is 3. The van der Waals surface area contributed by atoms with Gasteiger partial charge in [-0.25, -0.2) is 18.2 Å². The van der Waals surface area contributed by atoms with E-state index in [1.54, 1.807) is 6.20 Å². The van der Waals surface area contributed by atoms with Crippen molar-refractivity contribution in [2.24, 2.45) is 0 Å². The van der Waals surface area contributed by atoms with Gasteiger partial charge in [-0.3, -0.25) is 0 Å². The van der Waals surface area contributed by atoms with Crippen molar-refractivity contribution in [3.63, 3.8) is 0 Å². The summed E-state index contributed by atoms with van der Waals surface area (Å²) in [6.07, 6.45) is 1.63. The zero-order valence-electron chi connectivity index (χ0n) is 9.30. The minimum absolute atomic E-state index is 0.000741. The van der Waals surface area contributed by atoms with Gasteiger partial charge in [-0.2, -0.15) is 0 Å². The van der Waals surface area contributed by atoms with Gasteiger partial charge >= 0.3 is 0 Å². The maximum atomic E-state index is 13.5. The molecule has 2 aromatic rings. The Morgan fingerprint density at radius 3 is 2.41 bits per heavy atom. The Balaban J connectivity index is 2.49. The Labute approximate surface area is 101 Å². The summed E-state index contributed by atoms with van der Waals surface area (Å²) in [4.78, 5) is 5.00. The van der Waals surface area contributed by atoms with E-state index in [4.69, 9.17) is 0 Å². The van der Waals surface area contributed by atoms with Crippen molar-refractivity contribution in [3.05, 3.63) is 40.7 Å². The molecule has 1 heterocycles. The van der Waals surface area contributed by atoms with Crippen molar-refractivity contribution in [3.8, 4) is 10.6 Å². The number of rotatable bonds is 2. The van der Waals surface area contributed by atoms with Gasteiger partial charge in [0.25, 0.3) is 0 Å². The van der Waals surface area contributed by atoms with Gasteiger partial charge in [0.2, 0.25) is 0 Å². The summed E-state index contributed by atoms with van der Waals surface area (Å²) in [5.41, 5.74) is 0.000741. The van der Waals surface area contributed by atoms with E-state index < -0.39 is 17.5 Å². The first kappa shape index (κ1) is 12.1. The van der Waals surface area contributed by atoms with Gasteiger partial charge in [-0.1, -0.05) is 13.8 Å². The molecular weight excluding hydrogens is 247 g/mol. The van der Waals surface area contributed by atoms with E-state index in [0.29, 0.717) is 5.01 Å². The molecule has 5 heteroatoms. The van der Waals surface area contributed by atoms with Crippen LogP contribution in [-0.2, 0) is 0 Å². The van der Waals surface area contributed by atoms with Crippen LogP contribution in [0.2, 0.25) is 0 Å². The molecule has 2 rings (SSSR count). The van der Waals surface area contributed by atoms with Crippen molar-refractivity contribution in [2.45, 2.75) is 19.8 Å². The Kier molecular flexibility index (Phi) is 3.19. The van der Waals surface area contributed by atoms with Crippen LogP contribution in [0.1, 0.15) is 24.6 Å². The Morgan fingerprint density at radius 1 is 1.12 bits per heavy atom. The van der Waals surface area contributed by atoms with Gasteiger partial charge in [0, 0.05) is 16.6 Å². The van der Waals surface area contributed by atoms with E-state index in [-0.39, 0.29) is 11.5 Å². The summed E-state index contributed by atoms with van der Waals surface area (Å²) in [5, 5.41) is 0.366. The fraction of sp³-hybridized carbons (Fsp3) is 0.250. The highest BCUT2D eigenvalue weighted by Crippen LogP contribution is 2.32. The lowest BCUT2D eigenvalue weighted by molar-refractivity contribution is 0.449. The van der Waals surface area contributed by atoms with Crippen LogP contribution in [-0.4, -0.2) is 4.98 Å². The van der Waals surface area contributed by atoms with Crippen LogP contribution in [0.5, 0.6) is 0 Å². The summed E-state index contributed by atoms with van der Waals surface area (Å²) in [6.45, 7) is 3.97. The Morgan fingerprint density at radius 2 is 1.82 bits per heavy atom. The number of hydrogen-bond donors (Lipinski definition) is 0. The predicted molar refractivity (Wildman–Crippen MR) is 61.5 cm³/mol. The van der Waals surface area contributed by atoms with Crippen LogP contribution in [0.25, 0.3) is 10.6 Å². The second kappa shape index (κ2) is 4.49. The molecule has 1 aromatic carbocycles. The van der Waals surface area contributed by atoms with Crippen molar-refractivity contribution in [1.29, 1.82) is 0 Å². The molecule has 0 atom stereocenters. The van der Waals surface area contributed by atoms with Gasteiger partial charge in [0.05, 0.1) is 0 Å². The topological polar surface area (TPSA) is 12.9 Å². The molecule has 0 saturated carbocycles. The van der Waals surface area contributed by atoms with E-state index in [1.807, 2.05) is 13.8 Å². The lowest BCUT2D eigenvalue weighted by atomic mass is 10.2. The van der Waals surface area contributed by atoms with E-state index in [2.05, 4.69) is 4.98 Å². The first-order valence-electron chi connectivity index (χ1n) is 5.10. The lowest BCUT2D eigenvalue weighted by Crippen LogP contribution is -1.93. The molecule has 17 heavy (non-hydrogen) atoms. The third-order valence-electron chi connectivity index (χ3n) is 2.36. The number of thiazole rings is 1. The highest BCUT2D eigenvalue weighted by atomic mass is 32.1. The molecule has 0 N–H and O–H groups in total. The van der Waals surface area contributed by atoms with Gasteiger partial charge in [-0.15, -0.1) is 11.3 Å². The molecule has 0 unspecified atom stereocenters. The minimum atomic E-state index is -1.45. The summed E-state index contributed by atoms with van der Waals surface area (Å²) in [5.74, 6) is -3.56. The maximum Gasteiger partial charge on any atom is 0.195 e. The highest BCUT2D eigenvalue weighted by Gasteiger charge is 2.17.